The Morgan fingerprint density at radius 3 is 2.53 bits per heavy atom. The van der Waals surface area contributed by atoms with Gasteiger partial charge in [-0.05, 0) is 84.0 Å². The van der Waals surface area contributed by atoms with Crippen molar-refractivity contribution in [2.75, 3.05) is 23.8 Å². The van der Waals surface area contributed by atoms with Crippen LogP contribution in [0.4, 0.5) is 15.8 Å². The first kappa shape index (κ1) is 28.9. The van der Waals surface area contributed by atoms with Crippen molar-refractivity contribution in [3.05, 3.63) is 80.1 Å². The van der Waals surface area contributed by atoms with Crippen LogP contribution in [0.25, 0.3) is 0 Å². The summed E-state index contributed by atoms with van der Waals surface area (Å²) >= 11 is 8.02. The highest BCUT2D eigenvalue weighted by atomic mass is 127. The van der Waals surface area contributed by atoms with E-state index in [9.17, 15) is 18.8 Å². The Kier molecular flexibility index (Phi) is 10.4. The van der Waals surface area contributed by atoms with E-state index in [1.165, 1.54) is 24.4 Å². The molecule has 0 aliphatic carbocycles. The number of halogens is 3. The minimum Gasteiger partial charge on any atom is -0.490 e. The predicted molar refractivity (Wildman–Crippen MR) is 151 cm³/mol. The zero-order valence-electron chi connectivity index (χ0n) is 20.3. The molecule has 0 aliphatic heterocycles. The largest absolute Gasteiger partial charge is 0.490 e. The molecule has 0 bridgehead atoms. The Morgan fingerprint density at radius 1 is 1.03 bits per heavy atom. The van der Waals surface area contributed by atoms with Crippen molar-refractivity contribution in [3.8, 4) is 11.5 Å². The molecule has 0 saturated carbocycles. The van der Waals surface area contributed by atoms with Crippen LogP contribution in [-0.4, -0.2) is 37.1 Å². The summed E-state index contributed by atoms with van der Waals surface area (Å²) in [5, 5.41) is 9.21. The molecule has 3 N–H and O–H groups in total. The van der Waals surface area contributed by atoms with E-state index in [0.717, 1.165) is 11.6 Å². The third kappa shape index (κ3) is 8.15. The summed E-state index contributed by atoms with van der Waals surface area (Å²) in [5.74, 6) is -2.49. The Balaban J connectivity index is 1.63. The number of hydrogen-bond donors (Lipinski definition) is 3. The van der Waals surface area contributed by atoms with Crippen LogP contribution in [0.2, 0.25) is 5.02 Å². The number of nitrogens with zero attached hydrogens (tertiary/aromatic N) is 1. The summed E-state index contributed by atoms with van der Waals surface area (Å²) in [4.78, 5) is 36.4. The second-order valence-corrected chi connectivity index (χ2v) is 9.29. The average Bonchev–Trinajstić information content (AvgIpc) is 2.87. The third-order valence-corrected chi connectivity index (χ3v) is 5.90. The van der Waals surface area contributed by atoms with E-state index >= 15 is 0 Å². The lowest BCUT2D eigenvalue weighted by Gasteiger charge is -2.15. The van der Waals surface area contributed by atoms with Gasteiger partial charge < -0.3 is 20.1 Å². The van der Waals surface area contributed by atoms with Gasteiger partial charge in [0.25, 0.3) is 5.91 Å². The minimum atomic E-state index is -1.08. The van der Waals surface area contributed by atoms with Gasteiger partial charge in [0.1, 0.15) is 5.82 Å². The predicted octanol–water partition coefficient (Wildman–Crippen LogP) is 4.90. The minimum absolute atomic E-state index is 0.125. The molecule has 0 heterocycles. The summed E-state index contributed by atoms with van der Waals surface area (Å²) in [6, 6.07) is 13.9. The number of hydrogen-bond acceptors (Lipinski definition) is 6. The first-order chi connectivity index (χ1) is 18.2. The SMILES string of the molecule is CCOc1cc(/C=N\NC(=O)C(=O)Nc2ccccc2F)cc(I)c1OCC(=O)Nc1cc(Cl)ccc1C. The number of hydrazone groups is 1. The van der Waals surface area contributed by atoms with E-state index in [1.54, 1.807) is 37.3 Å². The summed E-state index contributed by atoms with van der Waals surface area (Å²) in [7, 11) is 0. The second-order valence-electron chi connectivity index (χ2n) is 7.69. The number of rotatable bonds is 9. The lowest BCUT2D eigenvalue weighted by atomic mass is 10.2. The number of amides is 3. The number of aryl methyl sites for hydroxylation is 1. The molecule has 9 nitrogen and oxygen atoms in total. The molecular formula is C26H23ClFIN4O5. The van der Waals surface area contributed by atoms with Crippen molar-refractivity contribution in [3.63, 3.8) is 0 Å². The standard InChI is InChI=1S/C26H23ClFIN4O5/c1-3-37-22-11-16(13-30-33-26(36)25(35)32-20-7-5-4-6-18(20)28)10-19(29)24(22)38-14-23(34)31-21-12-17(27)9-8-15(21)2/h4-13H,3,14H2,1-2H3,(H,31,34)(H,32,35)(H,33,36)/b30-13-. The summed E-state index contributed by atoms with van der Waals surface area (Å²) in [6.07, 6.45) is 1.30. The van der Waals surface area contributed by atoms with Gasteiger partial charge in [-0.1, -0.05) is 29.8 Å². The van der Waals surface area contributed by atoms with Crippen LogP contribution in [0.15, 0.2) is 59.7 Å². The van der Waals surface area contributed by atoms with Crippen molar-refractivity contribution in [2.24, 2.45) is 5.10 Å². The Hall–Kier alpha value is -3.71. The van der Waals surface area contributed by atoms with Crippen LogP contribution in [-0.2, 0) is 14.4 Å². The fourth-order valence-corrected chi connectivity index (χ4v) is 4.03. The van der Waals surface area contributed by atoms with E-state index < -0.39 is 17.6 Å². The first-order valence-electron chi connectivity index (χ1n) is 11.2. The first-order valence-corrected chi connectivity index (χ1v) is 12.7. The Morgan fingerprint density at radius 2 is 1.79 bits per heavy atom. The summed E-state index contributed by atoms with van der Waals surface area (Å²) < 4.78 is 25.7. The molecule has 198 valence electrons. The number of anilines is 2. The zero-order chi connectivity index (χ0) is 27.7. The average molecular weight is 653 g/mol. The second kappa shape index (κ2) is 13.7. The molecule has 0 unspecified atom stereocenters. The molecule has 3 aromatic rings. The monoisotopic (exact) mass is 652 g/mol. The maximum atomic E-state index is 13.7. The van der Waals surface area contributed by atoms with Gasteiger partial charge in [-0.25, -0.2) is 9.82 Å². The molecular weight excluding hydrogens is 630 g/mol. The van der Waals surface area contributed by atoms with E-state index in [-0.39, 0.29) is 18.2 Å². The molecule has 3 aromatic carbocycles. The van der Waals surface area contributed by atoms with Crippen molar-refractivity contribution in [1.82, 2.24) is 5.43 Å². The molecule has 3 amide bonds. The topological polar surface area (TPSA) is 118 Å². The molecule has 0 spiro atoms. The molecule has 0 saturated heterocycles. The van der Waals surface area contributed by atoms with Gasteiger partial charge in [0.2, 0.25) is 0 Å². The van der Waals surface area contributed by atoms with Gasteiger partial charge in [-0.2, -0.15) is 5.10 Å². The van der Waals surface area contributed by atoms with Crippen LogP contribution in [0, 0.1) is 16.3 Å². The normalized spacial score (nSPS) is 10.7. The smallest absolute Gasteiger partial charge is 0.329 e. The number of ether oxygens (including phenoxy) is 2. The van der Waals surface area contributed by atoms with E-state index in [0.29, 0.717) is 37.9 Å². The van der Waals surface area contributed by atoms with Crippen molar-refractivity contribution in [1.29, 1.82) is 0 Å². The van der Waals surface area contributed by atoms with Crippen LogP contribution in [0.3, 0.4) is 0 Å². The molecule has 38 heavy (non-hydrogen) atoms. The fraction of sp³-hybridized carbons (Fsp3) is 0.154. The van der Waals surface area contributed by atoms with Gasteiger partial charge in [0.05, 0.1) is 22.1 Å². The molecule has 0 aromatic heterocycles. The van der Waals surface area contributed by atoms with Crippen LogP contribution in [0.5, 0.6) is 11.5 Å². The van der Waals surface area contributed by atoms with Crippen LogP contribution in [0.1, 0.15) is 18.1 Å². The van der Waals surface area contributed by atoms with Crippen LogP contribution >= 0.6 is 34.2 Å². The zero-order valence-corrected chi connectivity index (χ0v) is 23.2. The fourth-order valence-electron chi connectivity index (χ4n) is 3.08. The quantitative estimate of drug-likeness (QED) is 0.132. The molecule has 12 heteroatoms. The van der Waals surface area contributed by atoms with Crippen LogP contribution < -0.4 is 25.5 Å². The third-order valence-electron chi connectivity index (χ3n) is 4.86. The Bertz CT molecular complexity index is 1390. The molecule has 0 atom stereocenters. The van der Waals surface area contributed by atoms with E-state index in [4.69, 9.17) is 21.1 Å². The molecule has 0 radical (unpaired) electrons. The molecule has 0 fully saturated rings. The highest BCUT2D eigenvalue weighted by Gasteiger charge is 2.16. The van der Waals surface area contributed by atoms with Crippen molar-refractivity contribution < 1.29 is 28.2 Å². The van der Waals surface area contributed by atoms with Gasteiger partial charge in [0, 0.05) is 10.7 Å². The molecule has 0 aliphatic rings. The Labute approximate surface area is 236 Å². The number of carbonyl (C=O) groups is 3. The molecule has 3 rings (SSSR count). The maximum absolute atomic E-state index is 13.7. The highest BCUT2D eigenvalue weighted by Crippen LogP contribution is 2.34. The summed E-state index contributed by atoms with van der Waals surface area (Å²) in [6.45, 7) is 3.69. The lowest BCUT2D eigenvalue weighted by molar-refractivity contribution is -0.136. The van der Waals surface area contributed by atoms with Gasteiger partial charge in [-0.15, -0.1) is 0 Å². The number of nitrogens with one attached hydrogen (secondary N) is 3. The van der Waals surface area contributed by atoms with Crippen molar-refractivity contribution >= 4 is 69.5 Å². The lowest BCUT2D eigenvalue weighted by Crippen LogP contribution is -2.32. The highest BCUT2D eigenvalue weighted by molar-refractivity contribution is 14.1. The van der Waals surface area contributed by atoms with Gasteiger partial charge in [0.15, 0.2) is 18.1 Å². The number of para-hydroxylation sites is 1. The van der Waals surface area contributed by atoms with Gasteiger partial charge >= 0.3 is 11.8 Å². The van der Waals surface area contributed by atoms with E-state index in [2.05, 4.69) is 21.2 Å². The van der Waals surface area contributed by atoms with Gasteiger partial charge in [-0.3, -0.25) is 14.4 Å². The summed E-state index contributed by atoms with van der Waals surface area (Å²) in [5.41, 5.74) is 3.93. The van der Waals surface area contributed by atoms with Crippen molar-refractivity contribution in [2.45, 2.75) is 13.8 Å². The maximum Gasteiger partial charge on any atom is 0.329 e. The number of carbonyl (C=O) groups excluding carboxylic acids is 3. The number of benzene rings is 3. The van der Waals surface area contributed by atoms with E-state index in [1.807, 2.05) is 29.5 Å².